The zero-order valence-corrected chi connectivity index (χ0v) is 15.8. The average molecular weight is 377 g/mol. The van der Waals surface area contributed by atoms with Crippen LogP contribution in [-0.2, 0) is 10.0 Å². The molecule has 136 valence electrons. The highest BCUT2D eigenvalue weighted by molar-refractivity contribution is 7.92. The van der Waals surface area contributed by atoms with Gasteiger partial charge in [-0.15, -0.1) is 0 Å². The third kappa shape index (κ3) is 3.57. The number of para-hydroxylation sites is 1. The van der Waals surface area contributed by atoms with E-state index >= 15 is 0 Å². The van der Waals surface area contributed by atoms with Crippen LogP contribution in [0.2, 0.25) is 0 Å². The lowest BCUT2D eigenvalue weighted by atomic mass is 10.0. The Morgan fingerprint density at radius 3 is 2.22 bits per heavy atom. The Morgan fingerprint density at radius 2 is 1.48 bits per heavy atom. The number of nitrogens with one attached hydrogen (secondary N) is 2. The Balaban J connectivity index is 1.83. The van der Waals surface area contributed by atoms with Crippen molar-refractivity contribution in [3.05, 3.63) is 72.3 Å². The minimum Gasteiger partial charge on any atom is -0.354 e. The van der Waals surface area contributed by atoms with Crippen LogP contribution in [0.5, 0.6) is 0 Å². The van der Waals surface area contributed by atoms with Gasteiger partial charge in [-0.05, 0) is 48.9 Å². The maximum atomic E-state index is 11.4. The summed E-state index contributed by atoms with van der Waals surface area (Å²) < 4.78 is 25.2. The van der Waals surface area contributed by atoms with Gasteiger partial charge in [0.2, 0.25) is 10.0 Å². The molecule has 0 radical (unpaired) electrons. The maximum Gasteiger partial charge on any atom is 0.229 e. The summed E-state index contributed by atoms with van der Waals surface area (Å²) in [6.45, 7) is 2.07. The van der Waals surface area contributed by atoms with Crippen LogP contribution in [0, 0.1) is 6.92 Å². The van der Waals surface area contributed by atoms with E-state index in [1.807, 2.05) is 42.5 Å². The first-order valence-electron chi connectivity index (χ1n) is 8.54. The van der Waals surface area contributed by atoms with Gasteiger partial charge in [0, 0.05) is 22.1 Å². The number of nitrogens with zero attached hydrogens (tertiary/aromatic N) is 1. The second kappa shape index (κ2) is 6.55. The number of anilines is 3. The largest absolute Gasteiger partial charge is 0.354 e. The Morgan fingerprint density at radius 1 is 0.815 bits per heavy atom. The first-order valence-corrected chi connectivity index (χ1v) is 10.4. The summed E-state index contributed by atoms with van der Waals surface area (Å²) in [4.78, 5) is 4.78. The summed E-state index contributed by atoms with van der Waals surface area (Å²) in [6.07, 6.45) is 1.14. The highest BCUT2D eigenvalue weighted by Gasteiger charge is 2.11. The van der Waals surface area contributed by atoms with E-state index in [1.54, 1.807) is 12.1 Å². The number of aryl methyl sites for hydroxylation is 1. The topological polar surface area (TPSA) is 71.1 Å². The Kier molecular flexibility index (Phi) is 4.20. The molecule has 4 rings (SSSR count). The molecule has 2 N–H and O–H groups in total. The molecule has 4 aromatic rings. The molecular weight excluding hydrogens is 358 g/mol. The summed E-state index contributed by atoms with van der Waals surface area (Å²) in [5.41, 5.74) is 5.40. The fourth-order valence-corrected chi connectivity index (χ4v) is 3.79. The van der Waals surface area contributed by atoms with Crippen LogP contribution >= 0.6 is 0 Å². The van der Waals surface area contributed by atoms with Crippen molar-refractivity contribution in [2.24, 2.45) is 0 Å². The van der Waals surface area contributed by atoms with Gasteiger partial charge < -0.3 is 5.32 Å². The van der Waals surface area contributed by atoms with E-state index in [-0.39, 0.29) is 0 Å². The fourth-order valence-electron chi connectivity index (χ4n) is 3.23. The Hall–Kier alpha value is -3.12. The van der Waals surface area contributed by atoms with Crippen LogP contribution in [0.15, 0.2) is 66.7 Å². The quantitative estimate of drug-likeness (QED) is 0.501. The minimum absolute atomic E-state index is 0.531. The zero-order chi connectivity index (χ0) is 19.0. The summed E-state index contributed by atoms with van der Waals surface area (Å²) in [6, 6.07) is 21.3. The molecule has 0 aliphatic rings. The number of hydrogen-bond acceptors (Lipinski definition) is 4. The monoisotopic (exact) mass is 377 g/mol. The molecule has 0 aliphatic heterocycles. The Bertz CT molecular complexity index is 1250. The number of rotatable bonds is 4. The lowest BCUT2D eigenvalue weighted by Crippen LogP contribution is -2.09. The van der Waals surface area contributed by atoms with Gasteiger partial charge in [0.05, 0.1) is 23.0 Å². The van der Waals surface area contributed by atoms with Gasteiger partial charge in [0.1, 0.15) is 0 Å². The molecular formula is C21H19N3O2S. The van der Waals surface area contributed by atoms with Gasteiger partial charge in [-0.1, -0.05) is 30.3 Å². The zero-order valence-electron chi connectivity index (χ0n) is 15.0. The third-order valence-corrected chi connectivity index (χ3v) is 4.98. The number of aromatic nitrogens is 1. The molecule has 6 heteroatoms. The van der Waals surface area contributed by atoms with Crippen molar-refractivity contribution in [2.75, 3.05) is 16.3 Å². The van der Waals surface area contributed by atoms with Gasteiger partial charge in [-0.3, -0.25) is 4.72 Å². The molecule has 3 aromatic carbocycles. The molecule has 0 fully saturated rings. The molecule has 0 saturated carbocycles. The van der Waals surface area contributed by atoms with Crippen LogP contribution in [0.3, 0.4) is 0 Å². The van der Waals surface area contributed by atoms with Gasteiger partial charge in [-0.2, -0.15) is 0 Å². The van der Waals surface area contributed by atoms with Crippen molar-refractivity contribution < 1.29 is 8.42 Å². The molecule has 0 unspecified atom stereocenters. The molecule has 1 aromatic heterocycles. The molecule has 1 heterocycles. The number of benzene rings is 3. The second-order valence-corrected chi connectivity index (χ2v) is 8.30. The average Bonchev–Trinajstić information content (AvgIpc) is 2.62. The molecule has 0 amide bonds. The van der Waals surface area contributed by atoms with E-state index in [1.165, 1.54) is 0 Å². The standard InChI is InChI=1S/C21H19N3O2S/c1-14-6-5-9-19-20(14)21(17-7-3-4-8-18(17)23-19)22-15-10-12-16(13-11-15)24-27(2,25)26/h3-13,24H,1-2H3,(H,22,23). The van der Waals surface area contributed by atoms with Crippen LogP contribution in [0.25, 0.3) is 21.8 Å². The first kappa shape index (κ1) is 17.3. The van der Waals surface area contributed by atoms with Crippen LogP contribution < -0.4 is 10.0 Å². The van der Waals surface area contributed by atoms with E-state index in [0.717, 1.165) is 45.0 Å². The van der Waals surface area contributed by atoms with Gasteiger partial charge in [0.15, 0.2) is 0 Å². The molecule has 0 spiro atoms. The van der Waals surface area contributed by atoms with Crippen LogP contribution in [-0.4, -0.2) is 19.7 Å². The van der Waals surface area contributed by atoms with Crippen molar-refractivity contribution >= 4 is 48.9 Å². The SMILES string of the molecule is Cc1cccc2nc3ccccc3c(Nc3ccc(NS(C)(=O)=O)cc3)c12. The van der Waals surface area contributed by atoms with Crippen LogP contribution in [0.4, 0.5) is 17.1 Å². The minimum atomic E-state index is -3.29. The maximum absolute atomic E-state index is 11.4. The second-order valence-electron chi connectivity index (χ2n) is 6.55. The van der Waals surface area contributed by atoms with Crippen LogP contribution in [0.1, 0.15) is 5.56 Å². The number of sulfonamides is 1. The highest BCUT2D eigenvalue weighted by Crippen LogP contribution is 2.35. The lowest BCUT2D eigenvalue weighted by molar-refractivity contribution is 0.607. The summed E-state index contributed by atoms with van der Waals surface area (Å²) in [5, 5.41) is 5.62. The molecule has 0 saturated heterocycles. The smallest absolute Gasteiger partial charge is 0.229 e. The third-order valence-electron chi connectivity index (χ3n) is 4.37. The van der Waals surface area contributed by atoms with Crippen molar-refractivity contribution in [1.29, 1.82) is 0 Å². The van der Waals surface area contributed by atoms with E-state index < -0.39 is 10.0 Å². The van der Waals surface area contributed by atoms with E-state index in [0.29, 0.717) is 5.69 Å². The molecule has 0 aliphatic carbocycles. The van der Waals surface area contributed by atoms with Gasteiger partial charge in [0.25, 0.3) is 0 Å². The fraction of sp³-hybridized carbons (Fsp3) is 0.0952. The molecule has 5 nitrogen and oxygen atoms in total. The van der Waals surface area contributed by atoms with Crippen molar-refractivity contribution in [3.8, 4) is 0 Å². The van der Waals surface area contributed by atoms with E-state index in [9.17, 15) is 8.42 Å². The van der Waals surface area contributed by atoms with Gasteiger partial charge >= 0.3 is 0 Å². The van der Waals surface area contributed by atoms with E-state index in [2.05, 4.69) is 29.1 Å². The van der Waals surface area contributed by atoms with E-state index in [4.69, 9.17) is 4.98 Å². The van der Waals surface area contributed by atoms with Gasteiger partial charge in [-0.25, -0.2) is 13.4 Å². The summed E-state index contributed by atoms with van der Waals surface area (Å²) in [5.74, 6) is 0. The predicted octanol–water partition coefficient (Wildman–Crippen LogP) is 4.81. The molecule has 0 atom stereocenters. The first-order chi connectivity index (χ1) is 12.9. The molecule has 27 heavy (non-hydrogen) atoms. The molecule has 0 bridgehead atoms. The number of pyridine rings is 1. The number of fused-ring (bicyclic) bond motifs is 2. The number of hydrogen-bond donors (Lipinski definition) is 2. The van der Waals surface area contributed by atoms with Crippen molar-refractivity contribution in [3.63, 3.8) is 0 Å². The predicted molar refractivity (Wildman–Crippen MR) is 112 cm³/mol. The normalized spacial score (nSPS) is 11.6. The van der Waals surface area contributed by atoms with Crippen molar-refractivity contribution in [2.45, 2.75) is 6.92 Å². The highest BCUT2D eigenvalue weighted by atomic mass is 32.2. The Labute approximate surface area is 158 Å². The summed E-state index contributed by atoms with van der Waals surface area (Å²) in [7, 11) is -3.29. The lowest BCUT2D eigenvalue weighted by Gasteiger charge is -2.15. The van der Waals surface area contributed by atoms with Crippen molar-refractivity contribution in [1.82, 2.24) is 4.98 Å². The summed E-state index contributed by atoms with van der Waals surface area (Å²) >= 11 is 0.